The van der Waals surface area contributed by atoms with Gasteiger partial charge in [-0.05, 0) is 67.0 Å². The molecule has 2 aliphatic heterocycles. The lowest BCUT2D eigenvalue weighted by Gasteiger charge is -2.58. The fourth-order valence-electron chi connectivity index (χ4n) is 8.03. The lowest BCUT2D eigenvalue weighted by atomic mass is 9.56. The van der Waals surface area contributed by atoms with E-state index >= 15 is 0 Å². The van der Waals surface area contributed by atoms with Gasteiger partial charge >= 0.3 is 0 Å². The van der Waals surface area contributed by atoms with Crippen molar-refractivity contribution in [2.45, 2.75) is 68.3 Å². The number of aliphatic hydroxyl groups excluding tert-OH is 2. The highest BCUT2D eigenvalue weighted by molar-refractivity contribution is 8.00. The van der Waals surface area contributed by atoms with Crippen LogP contribution in [0.1, 0.15) is 62.1 Å². The zero-order valence-corrected chi connectivity index (χ0v) is 29.6. The van der Waals surface area contributed by atoms with Gasteiger partial charge in [-0.15, -0.1) is 6.58 Å². The molecule has 3 heterocycles. The van der Waals surface area contributed by atoms with Crippen LogP contribution in [0.15, 0.2) is 66.2 Å². The van der Waals surface area contributed by atoms with Gasteiger partial charge in [-0.25, -0.2) is 0 Å². The molecule has 0 radical (unpaired) electrons. The third-order valence-corrected chi connectivity index (χ3v) is 11.7. The number of hydrogen-bond acceptors (Lipinski definition) is 11. The van der Waals surface area contributed by atoms with Crippen LogP contribution in [-0.4, -0.2) is 101 Å². The van der Waals surface area contributed by atoms with Gasteiger partial charge in [0.25, 0.3) is 0 Å². The standard InChI is InChI=1S/C38H52N4O6S/c1-3-20-47-38-35(49-22-12-28-26-39-13-14-40-28)25-33(41-45-2)31-23-27(8-4-6-18-43)30(9-5-7-19-44)36(37(31)38)32-24-29(10-11-34(32)48-38)46-21-17-42-15-16-42/h3,10-11,13-14,23-24,26-27,30,35-37,43-44H,1,4-9,12,15-22,25H2,2H3. The van der Waals surface area contributed by atoms with Gasteiger partial charge in [0, 0.05) is 75.8 Å². The van der Waals surface area contributed by atoms with Gasteiger partial charge in [-0.1, -0.05) is 30.1 Å². The molecule has 0 amide bonds. The highest BCUT2D eigenvalue weighted by Crippen LogP contribution is 2.62. The van der Waals surface area contributed by atoms with Crippen LogP contribution in [0.4, 0.5) is 0 Å². The Labute approximate surface area is 295 Å². The molecule has 6 rings (SSSR count). The summed E-state index contributed by atoms with van der Waals surface area (Å²) in [6.45, 7) is 8.57. The molecule has 6 unspecified atom stereocenters. The highest BCUT2D eigenvalue weighted by Gasteiger charge is 2.63. The van der Waals surface area contributed by atoms with Crippen LogP contribution in [0, 0.1) is 17.8 Å². The van der Waals surface area contributed by atoms with Crippen molar-refractivity contribution in [3.8, 4) is 11.5 Å². The minimum absolute atomic E-state index is 0.0487. The molecule has 11 heteroatoms. The number of allylic oxidation sites excluding steroid dienone is 1. The number of thioether (sulfide) groups is 1. The Kier molecular flexibility index (Phi) is 12.7. The van der Waals surface area contributed by atoms with Crippen molar-refractivity contribution in [3.63, 3.8) is 0 Å². The van der Waals surface area contributed by atoms with Crippen LogP contribution in [0.3, 0.4) is 0 Å². The number of unbranched alkanes of at least 4 members (excludes halogenated alkanes) is 2. The summed E-state index contributed by atoms with van der Waals surface area (Å²) in [6, 6.07) is 6.30. The molecule has 2 fully saturated rings. The SMILES string of the molecule is C=CCOC12Oc3ccc(OCCN4CC4)cc3C3C(CCCCO)C(CCCCO)C=C(C(=NOC)CC1SCCc1cnccn1)C32. The Hall–Kier alpha value is -2.96. The first-order valence-electron chi connectivity index (χ1n) is 17.9. The van der Waals surface area contributed by atoms with Crippen molar-refractivity contribution in [2.24, 2.45) is 22.9 Å². The monoisotopic (exact) mass is 692 g/mol. The van der Waals surface area contributed by atoms with E-state index in [2.05, 4.69) is 44.8 Å². The molecule has 10 nitrogen and oxygen atoms in total. The molecule has 0 bridgehead atoms. The van der Waals surface area contributed by atoms with Gasteiger partial charge < -0.3 is 29.3 Å². The average molecular weight is 693 g/mol. The molecule has 1 aromatic heterocycles. The maximum absolute atomic E-state index is 9.80. The maximum atomic E-state index is 9.80. The van der Waals surface area contributed by atoms with Gasteiger partial charge in [-0.2, -0.15) is 11.8 Å². The minimum Gasteiger partial charge on any atom is -0.492 e. The van der Waals surface area contributed by atoms with E-state index in [0.29, 0.717) is 19.6 Å². The number of aromatic nitrogens is 2. The number of ether oxygens (including phenoxy) is 3. The predicted molar refractivity (Wildman–Crippen MR) is 192 cm³/mol. The number of aryl methyl sites for hydroxylation is 1. The summed E-state index contributed by atoms with van der Waals surface area (Å²) < 4.78 is 20.5. The van der Waals surface area contributed by atoms with Crippen molar-refractivity contribution in [3.05, 3.63) is 72.4 Å². The normalized spacial score (nSPS) is 27.9. The Morgan fingerprint density at radius 3 is 2.71 bits per heavy atom. The van der Waals surface area contributed by atoms with Gasteiger partial charge in [0.1, 0.15) is 25.2 Å². The molecule has 2 aromatic rings. The highest BCUT2D eigenvalue weighted by atomic mass is 32.2. The van der Waals surface area contributed by atoms with E-state index in [0.717, 1.165) is 104 Å². The third-order valence-electron chi connectivity index (χ3n) is 10.3. The van der Waals surface area contributed by atoms with Crippen molar-refractivity contribution < 1.29 is 29.3 Å². The number of nitrogens with zero attached hydrogens (tertiary/aromatic N) is 4. The first kappa shape index (κ1) is 35.9. The predicted octanol–water partition coefficient (Wildman–Crippen LogP) is 5.41. The largest absolute Gasteiger partial charge is 0.492 e. The second-order valence-electron chi connectivity index (χ2n) is 13.4. The fourth-order valence-corrected chi connectivity index (χ4v) is 9.41. The Bertz CT molecular complexity index is 1440. The molecular formula is C38H52N4O6S. The molecule has 266 valence electrons. The zero-order valence-electron chi connectivity index (χ0n) is 28.8. The number of benzene rings is 1. The van der Waals surface area contributed by atoms with Crippen LogP contribution in [-0.2, 0) is 16.0 Å². The van der Waals surface area contributed by atoms with Gasteiger partial charge in [0.05, 0.1) is 29.2 Å². The average Bonchev–Trinajstić information content (AvgIpc) is 3.95. The van der Waals surface area contributed by atoms with Gasteiger partial charge in [0.15, 0.2) is 0 Å². The smallest absolute Gasteiger partial charge is 0.230 e. The van der Waals surface area contributed by atoms with E-state index in [1.54, 1.807) is 25.6 Å². The molecule has 6 atom stereocenters. The maximum Gasteiger partial charge on any atom is 0.230 e. The summed E-state index contributed by atoms with van der Waals surface area (Å²) >= 11 is 1.83. The number of fused-ring (bicyclic) bond motifs is 2. The zero-order chi connectivity index (χ0) is 34.1. The first-order valence-corrected chi connectivity index (χ1v) is 19.0. The van der Waals surface area contributed by atoms with Crippen LogP contribution >= 0.6 is 11.8 Å². The quantitative estimate of drug-likeness (QED) is 0.0808. The topological polar surface area (TPSA) is 119 Å². The second kappa shape index (κ2) is 17.3. The molecule has 2 N–H and O–H groups in total. The molecule has 2 aliphatic carbocycles. The fraction of sp³-hybridized carbons (Fsp3) is 0.605. The molecule has 1 saturated heterocycles. The van der Waals surface area contributed by atoms with E-state index in [9.17, 15) is 10.2 Å². The van der Waals surface area contributed by atoms with Crippen LogP contribution < -0.4 is 9.47 Å². The molecule has 0 spiro atoms. The van der Waals surface area contributed by atoms with Gasteiger partial charge in [-0.3, -0.25) is 14.9 Å². The third kappa shape index (κ3) is 8.34. The van der Waals surface area contributed by atoms with E-state index in [1.165, 1.54) is 0 Å². The second-order valence-corrected chi connectivity index (χ2v) is 14.7. The Morgan fingerprint density at radius 2 is 1.98 bits per heavy atom. The van der Waals surface area contributed by atoms with Gasteiger partial charge in [0.2, 0.25) is 5.79 Å². The Balaban J connectivity index is 1.45. The van der Waals surface area contributed by atoms with E-state index < -0.39 is 5.79 Å². The lowest BCUT2D eigenvalue weighted by Crippen LogP contribution is -2.64. The minimum atomic E-state index is -0.982. The molecular weight excluding hydrogens is 641 g/mol. The van der Waals surface area contributed by atoms with Crippen molar-refractivity contribution >= 4 is 17.5 Å². The Morgan fingerprint density at radius 1 is 1.14 bits per heavy atom. The number of oxime groups is 1. The molecule has 1 saturated carbocycles. The summed E-state index contributed by atoms with van der Waals surface area (Å²) in [4.78, 5) is 16.7. The molecule has 4 aliphatic rings. The summed E-state index contributed by atoms with van der Waals surface area (Å²) in [5.74, 6) is 1.91. The molecule has 1 aromatic carbocycles. The summed E-state index contributed by atoms with van der Waals surface area (Å²) in [7, 11) is 1.62. The number of hydrogen-bond donors (Lipinski definition) is 2. The number of aliphatic hydroxyl groups is 2. The first-order chi connectivity index (χ1) is 24.1. The lowest BCUT2D eigenvalue weighted by molar-refractivity contribution is -0.223. The van der Waals surface area contributed by atoms with Crippen LogP contribution in [0.2, 0.25) is 0 Å². The summed E-state index contributed by atoms with van der Waals surface area (Å²) in [5, 5.41) is 24.1. The van der Waals surface area contributed by atoms with Crippen molar-refractivity contribution in [1.82, 2.24) is 14.9 Å². The van der Waals surface area contributed by atoms with Crippen LogP contribution in [0.25, 0.3) is 0 Å². The van der Waals surface area contributed by atoms with Crippen molar-refractivity contribution in [2.75, 3.05) is 58.9 Å². The number of rotatable bonds is 20. The van der Waals surface area contributed by atoms with E-state index in [-0.39, 0.29) is 42.1 Å². The van der Waals surface area contributed by atoms with Crippen LogP contribution in [0.5, 0.6) is 11.5 Å². The van der Waals surface area contributed by atoms with E-state index in [4.69, 9.17) is 19.0 Å². The summed E-state index contributed by atoms with van der Waals surface area (Å²) in [5.41, 5.74) is 4.16. The molecule has 49 heavy (non-hydrogen) atoms. The van der Waals surface area contributed by atoms with E-state index in [1.807, 2.05) is 24.0 Å². The summed E-state index contributed by atoms with van der Waals surface area (Å²) in [6.07, 6.45) is 16.1. The van der Waals surface area contributed by atoms with Crippen molar-refractivity contribution in [1.29, 1.82) is 0 Å².